The van der Waals surface area contributed by atoms with Gasteiger partial charge in [-0.15, -0.1) is 6.58 Å². The summed E-state index contributed by atoms with van der Waals surface area (Å²) in [5, 5.41) is 3.62. The van der Waals surface area contributed by atoms with Crippen LogP contribution in [-0.2, 0) is 0 Å². The number of hydrogen-bond acceptors (Lipinski definition) is 5. The molecule has 1 N–H and O–H groups in total. The fourth-order valence-corrected chi connectivity index (χ4v) is 2.36. The highest BCUT2D eigenvalue weighted by Gasteiger charge is 2.28. The lowest BCUT2D eigenvalue weighted by Gasteiger charge is -2.26. The van der Waals surface area contributed by atoms with Crippen LogP contribution in [0.25, 0.3) is 0 Å². The number of thiocarbonyl (C=S) groups is 1. The van der Waals surface area contributed by atoms with E-state index in [4.69, 9.17) is 12.2 Å². The normalized spacial score (nSPS) is 22.3. The van der Waals surface area contributed by atoms with Crippen molar-refractivity contribution in [3.05, 3.63) is 12.7 Å². The van der Waals surface area contributed by atoms with E-state index in [1.807, 2.05) is 0 Å². The number of aliphatic imine (C=N–C) groups is 4. The van der Waals surface area contributed by atoms with Crippen molar-refractivity contribution < 1.29 is 0 Å². The van der Waals surface area contributed by atoms with Gasteiger partial charge in [0.25, 0.3) is 0 Å². The molecule has 1 fully saturated rings. The first-order valence-electron chi connectivity index (χ1n) is 6.23. The summed E-state index contributed by atoms with van der Waals surface area (Å²) in [5.74, 6) is 1.31. The Balaban J connectivity index is 1.89. The van der Waals surface area contributed by atoms with Gasteiger partial charge in [-0.1, -0.05) is 6.08 Å². The molecule has 0 saturated carbocycles. The van der Waals surface area contributed by atoms with Crippen LogP contribution in [0.15, 0.2) is 32.6 Å². The number of nitrogens with one attached hydrogen (secondary N) is 1. The van der Waals surface area contributed by atoms with Gasteiger partial charge in [0, 0.05) is 32.6 Å². The van der Waals surface area contributed by atoms with Crippen LogP contribution >= 0.6 is 12.2 Å². The zero-order valence-electron chi connectivity index (χ0n) is 10.5. The van der Waals surface area contributed by atoms with Crippen LogP contribution in [-0.4, -0.2) is 59.4 Å². The third-order valence-corrected chi connectivity index (χ3v) is 3.26. The number of rotatable bonds is 2. The van der Waals surface area contributed by atoms with Gasteiger partial charge in [-0.05, 0) is 12.2 Å². The van der Waals surface area contributed by atoms with Gasteiger partial charge in [-0.25, -0.2) is 9.98 Å². The van der Waals surface area contributed by atoms with Crippen molar-refractivity contribution in [2.24, 2.45) is 20.0 Å². The Hall–Kier alpha value is -1.73. The summed E-state index contributed by atoms with van der Waals surface area (Å²) in [5.41, 5.74) is 1.54. The lowest BCUT2D eigenvalue weighted by Crippen LogP contribution is -2.45. The molecule has 3 rings (SSSR count). The molecule has 0 radical (unpaired) electrons. The number of allylic oxidation sites excluding steroid dienone is 1. The van der Waals surface area contributed by atoms with E-state index in [0.717, 1.165) is 43.6 Å². The SMILES string of the molecule is C=CCC1=NC(=S)N=C2N=C(N3CCNCC3)N=C12. The fourth-order valence-electron chi connectivity index (χ4n) is 2.16. The van der Waals surface area contributed by atoms with Crippen LogP contribution in [0.4, 0.5) is 0 Å². The molecule has 1 saturated heterocycles. The topological polar surface area (TPSA) is 64.7 Å². The predicted molar refractivity (Wildman–Crippen MR) is 81.6 cm³/mol. The van der Waals surface area contributed by atoms with Crippen molar-refractivity contribution in [2.45, 2.75) is 6.42 Å². The Morgan fingerprint density at radius 3 is 2.74 bits per heavy atom. The van der Waals surface area contributed by atoms with Gasteiger partial charge in [-0.3, -0.25) is 0 Å². The van der Waals surface area contributed by atoms with E-state index in [9.17, 15) is 0 Å². The Bertz CT molecular complexity index is 551. The number of nitrogens with zero attached hydrogens (tertiary/aromatic N) is 5. The number of hydrogen-bond donors (Lipinski definition) is 1. The monoisotopic (exact) mass is 274 g/mol. The number of guanidine groups is 1. The van der Waals surface area contributed by atoms with Crippen molar-refractivity contribution in [1.82, 2.24) is 10.2 Å². The minimum Gasteiger partial charge on any atom is -0.338 e. The van der Waals surface area contributed by atoms with Crippen molar-refractivity contribution in [3.8, 4) is 0 Å². The molecular formula is C12H14N6S. The molecule has 3 aliphatic heterocycles. The second-order valence-electron chi connectivity index (χ2n) is 4.38. The molecule has 0 bridgehead atoms. The molecule has 98 valence electrons. The summed E-state index contributed by atoms with van der Waals surface area (Å²) < 4.78 is 0. The first-order valence-corrected chi connectivity index (χ1v) is 6.63. The molecule has 0 amide bonds. The maximum atomic E-state index is 5.06. The highest BCUT2D eigenvalue weighted by Crippen LogP contribution is 2.13. The van der Waals surface area contributed by atoms with Crippen LogP contribution in [0.1, 0.15) is 6.42 Å². The van der Waals surface area contributed by atoms with Crippen LogP contribution < -0.4 is 5.32 Å². The molecule has 0 aliphatic carbocycles. The molecule has 0 aromatic carbocycles. The van der Waals surface area contributed by atoms with E-state index in [0.29, 0.717) is 17.4 Å². The van der Waals surface area contributed by atoms with Gasteiger partial charge in [0.2, 0.25) is 11.1 Å². The average Bonchev–Trinajstić information content (AvgIpc) is 2.84. The van der Waals surface area contributed by atoms with Gasteiger partial charge in [0.1, 0.15) is 5.71 Å². The van der Waals surface area contributed by atoms with Crippen molar-refractivity contribution in [1.29, 1.82) is 0 Å². The lowest BCUT2D eigenvalue weighted by atomic mass is 10.1. The van der Waals surface area contributed by atoms with Crippen molar-refractivity contribution in [2.75, 3.05) is 26.2 Å². The Morgan fingerprint density at radius 1 is 1.21 bits per heavy atom. The number of amidine groups is 1. The van der Waals surface area contributed by atoms with E-state index >= 15 is 0 Å². The van der Waals surface area contributed by atoms with Crippen LogP contribution in [0.3, 0.4) is 0 Å². The average molecular weight is 274 g/mol. The minimum atomic E-state index is 0.316. The molecule has 0 unspecified atom stereocenters. The molecule has 19 heavy (non-hydrogen) atoms. The molecule has 6 nitrogen and oxygen atoms in total. The molecule has 0 spiro atoms. The molecule has 7 heteroatoms. The second-order valence-corrected chi connectivity index (χ2v) is 4.74. The largest absolute Gasteiger partial charge is 0.338 e. The van der Waals surface area contributed by atoms with Crippen molar-refractivity contribution in [3.63, 3.8) is 0 Å². The van der Waals surface area contributed by atoms with Gasteiger partial charge in [0.15, 0.2) is 5.84 Å². The minimum absolute atomic E-state index is 0.316. The molecule has 0 aromatic rings. The van der Waals surface area contributed by atoms with Gasteiger partial charge in [0.05, 0.1) is 5.71 Å². The zero-order valence-corrected chi connectivity index (χ0v) is 11.3. The Morgan fingerprint density at radius 2 is 2.00 bits per heavy atom. The van der Waals surface area contributed by atoms with E-state index in [1.54, 1.807) is 6.08 Å². The third kappa shape index (κ3) is 2.39. The lowest BCUT2D eigenvalue weighted by molar-refractivity contribution is 0.355. The summed E-state index contributed by atoms with van der Waals surface area (Å²) in [6.45, 7) is 7.43. The van der Waals surface area contributed by atoms with E-state index in [1.165, 1.54) is 0 Å². The third-order valence-electron chi connectivity index (χ3n) is 3.07. The highest BCUT2D eigenvalue weighted by atomic mass is 32.1. The molecule has 3 heterocycles. The van der Waals surface area contributed by atoms with Gasteiger partial charge in [-0.2, -0.15) is 9.98 Å². The van der Waals surface area contributed by atoms with Crippen LogP contribution in [0, 0.1) is 0 Å². The van der Waals surface area contributed by atoms with E-state index in [2.05, 4.69) is 36.8 Å². The maximum Gasteiger partial charge on any atom is 0.228 e. The summed E-state index contributed by atoms with van der Waals surface area (Å²) in [6, 6.07) is 0. The number of piperazine rings is 1. The quantitative estimate of drug-likeness (QED) is 0.586. The number of fused-ring (bicyclic) bond motifs is 1. The van der Waals surface area contributed by atoms with E-state index in [-0.39, 0.29) is 0 Å². The molecule has 0 aromatic heterocycles. The summed E-state index contributed by atoms with van der Waals surface area (Å²) >= 11 is 5.06. The summed E-state index contributed by atoms with van der Waals surface area (Å²) in [6.07, 6.45) is 2.41. The smallest absolute Gasteiger partial charge is 0.228 e. The van der Waals surface area contributed by atoms with Crippen molar-refractivity contribution >= 4 is 40.5 Å². The zero-order chi connectivity index (χ0) is 13.2. The predicted octanol–water partition coefficient (Wildman–Crippen LogP) is 0.416. The highest BCUT2D eigenvalue weighted by molar-refractivity contribution is 7.80. The first-order chi connectivity index (χ1) is 9.28. The first kappa shape index (κ1) is 12.3. The van der Waals surface area contributed by atoms with Gasteiger partial charge < -0.3 is 10.2 Å². The maximum absolute atomic E-state index is 5.06. The van der Waals surface area contributed by atoms with Gasteiger partial charge >= 0.3 is 0 Å². The van der Waals surface area contributed by atoms with Crippen LogP contribution in [0.5, 0.6) is 0 Å². The molecule has 0 atom stereocenters. The Kier molecular flexibility index (Phi) is 3.31. The summed E-state index contributed by atoms with van der Waals surface area (Å²) in [4.78, 5) is 19.6. The Labute approximate surface area is 116 Å². The fraction of sp³-hybridized carbons (Fsp3) is 0.417. The van der Waals surface area contributed by atoms with E-state index < -0.39 is 0 Å². The second kappa shape index (κ2) is 5.10. The molecule has 3 aliphatic rings. The standard InChI is InChI=1S/C12H14N6S/c1-2-3-8-9-10(17-12(19)14-8)16-11(15-9)18-6-4-13-5-7-18/h2,13H,1,3-7H2. The molecular weight excluding hydrogens is 260 g/mol. The summed E-state index contributed by atoms with van der Waals surface area (Å²) in [7, 11) is 0. The van der Waals surface area contributed by atoms with Crippen LogP contribution in [0.2, 0.25) is 0 Å².